The van der Waals surface area contributed by atoms with Crippen LogP contribution in [0.4, 0.5) is 0 Å². The quantitative estimate of drug-likeness (QED) is 0.360. The fraction of sp³-hybridized carbons (Fsp3) is 0.800. The molecule has 0 atom stereocenters. The lowest BCUT2D eigenvalue weighted by molar-refractivity contribution is -0.120. The first kappa shape index (κ1) is 18.0. The molecule has 0 N–H and O–H groups in total. The van der Waals surface area contributed by atoms with E-state index in [4.69, 9.17) is 9.47 Å². The maximum atomic E-state index is 11.5. The van der Waals surface area contributed by atoms with Gasteiger partial charge in [-0.1, -0.05) is 26.2 Å². The second kappa shape index (κ2) is 15.1. The molecule has 0 saturated carbocycles. The van der Waals surface area contributed by atoms with Crippen molar-refractivity contribution >= 4 is 11.7 Å². The van der Waals surface area contributed by atoms with E-state index in [9.17, 15) is 4.79 Å². The first-order valence-electron chi connectivity index (χ1n) is 7.17. The lowest BCUT2D eigenvalue weighted by atomic mass is 10.1. The number of ether oxygens (including phenoxy) is 2. The molecule has 4 nitrogen and oxygen atoms in total. The van der Waals surface area contributed by atoms with E-state index in [0.717, 1.165) is 12.8 Å². The summed E-state index contributed by atoms with van der Waals surface area (Å²) < 4.78 is 10.6. The summed E-state index contributed by atoms with van der Waals surface area (Å²) in [5.41, 5.74) is 0. The molecule has 19 heavy (non-hydrogen) atoms. The number of aliphatic imine (C=N–C) groups is 1. The van der Waals surface area contributed by atoms with Crippen molar-refractivity contribution in [3.05, 3.63) is 6.58 Å². The van der Waals surface area contributed by atoms with E-state index in [1.807, 2.05) is 0 Å². The Bertz CT molecular complexity index is 260. The van der Waals surface area contributed by atoms with Crippen molar-refractivity contribution < 1.29 is 14.3 Å². The minimum Gasteiger partial charge on any atom is -0.379 e. The van der Waals surface area contributed by atoms with Crippen molar-refractivity contribution in [2.45, 2.75) is 45.4 Å². The Labute approximate surface area is 116 Å². The zero-order chi connectivity index (χ0) is 14.2. The number of carbonyl (C=O) groups excluding carboxylic acids is 1. The van der Waals surface area contributed by atoms with Gasteiger partial charge < -0.3 is 9.47 Å². The Kier molecular flexibility index (Phi) is 14.3. The molecule has 0 aliphatic heterocycles. The summed E-state index contributed by atoms with van der Waals surface area (Å²) in [6.07, 6.45) is 5.81. The van der Waals surface area contributed by atoms with Crippen molar-refractivity contribution in [3.63, 3.8) is 0 Å². The molecule has 0 amide bonds. The number of rotatable bonds is 14. The first-order valence-corrected chi connectivity index (χ1v) is 7.17. The van der Waals surface area contributed by atoms with Gasteiger partial charge in [0.25, 0.3) is 0 Å². The maximum absolute atomic E-state index is 11.5. The molecule has 0 bridgehead atoms. The average Bonchev–Trinajstić information content (AvgIpc) is 2.42. The Morgan fingerprint density at radius 3 is 2.47 bits per heavy atom. The number of carbonyl (C=O) groups is 1. The third-order valence-corrected chi connectivity index (χ3v) is 2.67. The largest absolute Gasteiger partial charge is 0.379 e. The van der Waals surface area contributed by atoms with E-state index in [2.05, 4.69) is 24.4 Å². The van der Waals surface area contributed by atoms with Crippen molar-refractivity contribution in [3.8, 4) is 0 Å². The predicted octanol–water partition coefficient (Wildman–Crippen LogP) is 2.80. The van der Waals surface area contributed by atoms with Gasteiger partial charge in [0.2, 0.25) is 0 Å². The van der Waals surface area contributed by atoms with Crippen LogP contribution in [-0.2, 0) is 14.3 Å². The number of Topliss-reactive ketones (excluding diaryl/α,β-unsaturated/α-hetero) is 1. The summed E-state index contributed by atoms with van der Waals surface area (Å²) in [5, 5.41) is 0. The third kappa shape index (κ3) is 15.0. The zero-order valence-electron chi connectivity index (χ0n) is 12.2. The Balaban J connectivity index is 3.16. The number of unbranched alkanes of at least 4 members (excludes halogenated alkanes) is 3. The molecular formula is C15H27NO3. The van der Waals surface area contributed by atoms with Gasteiger partial charge in [0.1, 0.15) is 5.78 Å². The van der Waals surface area contributed by atoms with E-state index >= 15 is 0 Å². The molecule has 0 unspecified atom stereocenters. The van der Waals surface area contributed by atoms with E-state index in [1.165, 1.54) is 12.8 Å². The standard InChI is InChI=1S/C15H27NO3/c1-3-5-6-7-8-15(17)9-11-18-13-14-19-12-10-16-4-2/h2-3,5-14H2,1H3. The van der Waals surface area contributed by atoms with Gasteiger partial charge in [-0.2, -0.15) is 0 Å². The summed E-state index contributed by atoms with van der Waals surface area (Å²) in [6, 6.07) is 0. The average molecular weight is 269 g/mol. The van der Waals surface area contributed by atoms with Crippen molar-refractivity contribution in [1.82, 2.24) is 0 Å². The minimum atomic E-state index is 0.303. The fourth-order valence-electron chi connectivity index (χ4n) is 1.57. The summed E-state index contributed by atoms with van der Waals surface area (Å²) in [5.74, 6) is 2.75. The van der Waals surface area contributed by atoms with Crippen LogP contribution in [0.25, 0.3) is 0 Å². The molecular weight excluding hydrogens is 242 g/mol. The molecule has 0 aliphatic rings. The Morgan fingerprint density at radius 1 is 1.05 bits per heavy atom. The fourth-order valence-corrected chi connectivity index (χ4v) is 1.57. The van der Waals surface area contributed by atoms with E-state index in [0.29, 0.717) is 51.6 Å². The number of nitrogens with zero attached hydrogens (tertiary/aromatic N) is 1. The summed E-state index contributed by atoms with van der Waals surface area (Å²) in [4.78, 5) is 15.3. The summed E-state index contributed by atoms with van der Waals surface area (Å²) in [6.45, 7) is 8.24. The lowest BCUT2D eigenvalue weighted by Crippen LogP contribution is -2.10. The molecule has 0 aromatic carbocycles. The van der Waals surface area contributed by atoms with E-state index in [1.54, 1.807) is 0 Å². The van der Waals surface area contributed by atoms with Crippen LogP contribution >= 0.6 is 0 Å². The Hall–Kier alpha value is -0.960. The van der Waals surface area contributed by atoms with Crippen LogP contribution < -0.4 is 0 Å². The van der Waals surface area contributed by atoms with Crippen LogP contribution in [-0.4, -0.2) is 44.6 Å². The molecule has 4 heteroatoms. The van der Waals surface area contributed by atoms with Crippen molar-refractivity contribution in [1.29, 1.82) is 0 Å². The second-order valence-electron chi connectivity index (χ2n) is 4.36. The molecule has 0 radical (unpaired) electrons. The van der Waals surface area contributed by atoms with E-state index < -0.39 is 0 Å². The van der Waals surface area contributed by atoms with Crippen molar-refractivity contribution in [2.24, 2.45) is 4.99 Å². The SMILES string of the molecule is C=C=NCCOCCOCCC(=O)CCCCCC. The van der Waals surface area contributed by atoms with Gasteiger partial charge in [0, 0.05) is 12.8 Å². The molecule has 110 valence electrons. The molecule has 0 spiro atoms. The molecule has 0 aromatic heterocycles. The van der Waals surface area contributed by atoms with Gasteiger partial charge in [0.05, 0.1) is 33.0 Å². The van der Waals surface area contributed by atoms with Crippen LogP contribution in [0.5, 0.6) is 0 Å². The minimum absolute atomic E-state index is 0.303. The van der Waals surface area contributed by atoms with Crippen LogP contribution in [0.15, 0.2) is 11.6 Å². The number of hydrogen-bond acceptors (Lipinski definition) is 4. The van der Waals surface area contributed by atoms with Crippen LogP contribution in [0.1, 0.15) is 45.4 Å². The highest BCUT2D eigenvalue weighted by atomic mass is 16.5. The summed E-state index contributed by atoms with van der Waals surface area (Å²) in [7, 11) is 0. The van der Waals surface area contributed by atoms with Gasteiger partial charge in [0.15, 0.2) is 0 Å². The second-order valence-corrected chi connectivity index (χ2v) is 4.36. The van der Waals surface area contributed by atoms with Crippen molar-refractivity contribution in [2.75, 3.05) is 33.0 Å². The Morgan fingerprint density at radius 2 is 1.79 bits per heavy atom. The van der Waals surface area contributed by atoms with Gasteiger partial charge in [-0.3, -0.25) is 4.79 Å². The predicted molar refractivity (Wildman–Crippen MR) is 78.0 cm³/mol. The van der Waals surface area contributed by atoms with Crippen LogP contribution in [0, 0.1) is 0 Å². The number of hydrogen-bond donors (Lipinski definition) is 0. The topological polar surface area (TPSA) is 47.9 Å². The van der Waals surface area contributed by atoms with Gasteiger partial charge in [-0.05, 0) is 18.9 Å². The zero-order valence-corrected chi connectivity index (χ0v) is 12.2. The summed E-state index contributed by atoms with van der Waals surface area (Å²) >= 11 is 0. The number of ketones is 1. The molecule has 0 aliphatic carbocycles. The molecule has 0 heterocycles. The van der Waals surface area contributed by atoms with Gasteiger partial charge in [-0.25, -0.2) is 4.99 Å². The highest BCUT2D eigenvalue weighted by Crippen LogP contribution is 2.04. The van der Waals surface area contributed by atoms with Gasteiger partial charge in [-0.15, -0.1) is 0 Å². The first-order chi connectivity index (χ1) is 9.31. The molecule has 0 fully saturated rings. The van der Waals surface area contributed by atoms with Gasteiger partial charge >= 0.3 is 0 Å². The highest BCUT2D eigenvalue weighted by Gasteiger charge is 2.01. The van der Waals surface area contributed by atoms with E-state index in [-0.39, 0.29) is 0 Å². The lowest BCUT2D eigenvalue weighted by Gasteiger charge is -2.04. The monoisotopic (exact) mass is 269 g/mol. The third-order valence-electron chi connectivity index (χ3n) is 2.67. The van der Waals surface area contributed by atoms with Crippen LogP contribution in [0.2, 0.25) is 0 Å². The normalized spacial score (nSPS) is 10.2. The molecule has 0 aromatic rings. The highest BCUT2D eigenvalue weighted by molar-refractivity contribution is 5.78. The maximum Gasteiger partial charge on any atom is 0.135 e. The van der Waals surface area contributed by atoms with Crippen LogP contribution in [0.3, 0.4) is 0 Å². The molecule has 0 rings (SSSR count). The smallest absolute Gasteiger partial charge is 0.135 e. The molecule has 0 saturated heterocycles.